The number of aliphatic hydroxyl groups excluding tert-OH is 1. The van der Waals surface area contributed by atoms with E-state index in [0.717, 1.165) is 191 Å². The topological polar surface area (TPSA) is 166 Å². The van der Waals surface area contributed by atoms with Gasteiger partial charge >= 0.3 is 0 Å². The zero-order valence-electron chi connectivity index (χ0n) is 90.2. The van der Waals surface area contributed by atoms with Gasteiger partial charge in [0.25, 0.3) is 0 Å². The van der Waals surface area contributed by atoms with E-state index in [1.54, 1.807) is 0 Å². The quantitative estimate of drug-likeness (QED) is 0.0284. The normalized spacial score (nSPS) is 16.1. The largest absolute Gasteiger partial charge is 0.507 e. The van der Waals surface area contributed by atoms with Crippen LogP contribution in [0.15, 0.2) is 199 Å². The molecule has 9 N–H and O–H groups in total. The van der Waals surface area contributed by atoms with Gasteiger partial charge < -0.3 is 46.4 Å². The average molecular weight is 1830 g/mol. The second-order valence-electron chi connectivity index (χ2n) is 51.9. The standard InChI is InChI=1S/C127H168N2O7/c1-73(2)92-56-79(59-96(110(92)130)117(7,8)9)48-76-40-44-91(45-41-76)128-109-89(55-83-65-102(123(25,26)27)115(135)103(66-83)124(28,29)30)53-78(50-81-62-100(121(19,20)21)114(134)101(63-81)122(22,23)24)54-90(109)70-88-69-85(95(86-71-94(75(5)6)112(132)106(72-86)127(37,38)39)58-84-67-104(125(31,32)33)116(136)105(68-84)126(34,35)36)43-47-108(88)129-107-46-42-77(49-80-60-98(119(13,14)15)113(133)99(61-80)120(16,17)18)51-87(107)52-82-57-93(74(3)4)111(131)97(64-82)118(10,11)12/h40-41,43-47,51,53-54,56-57,59-69,71-72,77,94-95,112,128-136H,1,3,5,42,48-50,52,55,58,70H2,2,4,6-39H3. The maximum absolute atomic E-state index is 12.7. The number of hydrogen-bond donors (Lipinski definition) is 9. The highest BCUT2D eigenvalue weighted by atomic mass is 16.3. The van der Waals surface area contributed by atoms with Crippen LogP contribution in [0.1, 0.15) is 395 Å². The van der Waals surface area contributed by atoms with E-state index in [0.29, 0.717) is 67.9 Å². The number of hydrogen-bond acceptors (Lipinski definition) is 9. The molecule has 728 valence electrons. The van der Waals surface area contributed by atoms with Crippen molar-refractivity contribution >= 4 is 28.2 Å². The Morgan fingerprint density at radius 1 is 0.346 bits per heavy atom. The van der Waals surface area contributed by atoms with Gasteiger partial charge in [0.1, 0.15) is 34.5 Å². The van der Waals surface area contributed by atoms with Gasteiger partial charge in [0.05, 0.1) is 6.10 Å². The zero-order chi connectivity index (χ0) is 102. The van der Waals surface area contributed by atoms with Crippen LogP contribution in [0.5, 0.6) is 34.5 Å². The zero-order valence-corrected chi connectivity index (χ0v) is 90.2. The Bertz CT molecular complexity index is 6070. The number of aromatic hydroxyl groups is 6. The monoisotopic (exact) mass is 1830 g/mol. The Hall–Kier alpha value is -10.5. The summed E-state index contributed by atoms with van der Waals surface area (Å²) in [6, 6.07) is 47.1. The van der Waals surface area contributed by atoms with Crippen LogP contribution in [0.3, 0.4) is 0 Å². The molecule has 2 aliphatic carbocycles. The maximum atomic E-state index is 12.7. The summed E-state index contributed by atoms with van der Waals surface area (Å²) >= 11 is 0. The Morgan fingerprint density at radius 2 is 0.691 bits per heavy atom. The molecule has 0 fully saturated rings. The average Bonchev–Trinajstić information content (AvgIpc) is 0.737. The molecule has 0 heterocycles. The number of benzene rings is 9. The number of aliphatic hydroxyl groups is 1. The van der Waals surface area contributed by atoms with Gasteiger partial charge in [-0.2, -0.15) is 0 Å². The molecular formula is C127H168N2O7. The summed E-state index contributed by atoms with van der Waals surface area (Å²) in [5.41, 5.74) is 28.1. The molecule has 9 heteroatoms. The van der Waals surface area contributed by atoms with E-state index in [1.807, 2.05) is 20.8 Å². The van der Waals surface area contributed by atoms with Gasteiger partial charge in [-0.3, -0.25) is 0 Å². The van der Waals surface area contributed by atoms with Crippen molar-refractivity contribution in [3.8, 4) is 34.5 Å². The Labute approximate surface area is 820 Å². The van der Waals surface area contributed by atoms with Crippen LogP contribution in [-0.4, -0.2) is 41.8 Å². The minimum absolute atomic E-state index is 0.0504. The second kappa shape index (κ2) is 38.4. The first-order valence-corrected chi connectivity index (χ1v) is 49.8. The van der Waals surface area contributed by atoms with Crippen LogP contribution in [0.4, 0.5) is 17.1 Å². The van der Waals surface area contributed by atoms with Crippen molar-refractivity contribution in [3.05, 3.63) is 333 Å². The highest BCUT2D eigenvalue weighted by Gasteiger charge is 2.39. The Balaban J connectivity index is 1.26. The van der Waals surface area contributed by atoms with E-state index < -0.39 is 49.4 Å². The van der Waals surface area contributed by atoms with E-state index in [1.165, 1.54) is 5.56 Å². The maximum Gasteiger partial charge on any atom is 0.126 e. The molecule has 0 aromatic heterocycles. The van der Waals surface area contributed by atoms with E-state index in [9.17, 15) is 35.7 Å². The van der Waals surface area contributed by atoms with Gasteiger partial charge in [-0.15, -0.1) is 0 Å². The van der Waals surface area contributed by atoms with Gasteiger partial charge in [0.15, 0.2) is 0 Å². The fraction of sp³-hybridized carbons (Fsp3) is 0.465. The number of phenolic OH excluding ortho intramolecular Hbond substituents is 6. The molecule has 9 aromatic rings. The molecule has 136 heavy (non-hydrogen) atoms. The van der Waals surface area contributed by atoms with Crippen molar-refractivity contribution in [2.24, 2.45) is 17.3 Å². The summed E-state index contributed by atoms with van der Waals surface area (Å²) in [4.78, 5) is 0. The molecule has 4 unspecified atom stereocenters. The summed E-state index contributed by atoms with van der Waals surface area (Å²) in [6.45, 7) is 91.1. The van der Waals surface area contributed by atoms with E-state index in [-0.39, 0.29) is 45.5 Å². The summed E-state index contributed by atoms with van der Waals surface area (Å²) in [7, 11) is 0. The summed E-state index contributed by atoms with van der Waals surface area (Å²) in [6.07, 6.45) is 13.2. The molecule has 0 spiro atoms. The summed E-state index contributed by atoms with van der Waals surface area (Å²) in [5, 5.41) is 95.0. The van der Waals surface area contributed by atoms with Crippen molar-refractivity contribution in [2.75, 3.05) is 10.6 Å². The summed E-state index contributed by atoms with van der Waals surface area (Å²) in [5.74, 6) is 1.19. The molecule has 4 atom stereocenters. The fourth-order valence-electron chi connectivity index (χ4n) is 20.1. The highest BCUT2D eigenvalue weighted by Crippen LogP contribution is 2.52. The van der Waals surface area contributed by atoms with Gasteiger partial charge in [-0.05, 0) is 301 Å². The molecule has 11 rings (SSSR count). The molecule has 2 aliphatic rings. The third kappa shape index (κ3) is 24.4. The molecule has 0 saturated heterocycles. The van der Waals surface area contributed by atoms with Crippen molar-refractivity contribution in [1.29, 1.82) is 0 Å². The minimum Gasteiger partial charge on any atom is -0.507 e. The Kier molecular flexibility index (Phi) is 29.9. The lowest BCUT2D eigenvalue weighted by atomic mass is 9.70. The van der Waals surface area contributed by atoms with Gasteiger partial charge in [0, 0.05) is 63.3 Å². The van der Waals surface area contributed by atoms with Crippen molar-refractivity contribution < 1.29 is 35.7 Å². The number of phenols is 6. The molecule has 9 nitrogen and oxygen atoms in total. The number of nitrogens with one attached hydrogen (secondary N) is 2. The second-order valence-corrected chi connectivity index (χ2v) is 51.9. The lowest BCUT2D eigenvalue weighted by Crippen LogP contribution is -2.32. The van der Waals surface area contributed by atoms with Gasteiger partial charge in [0.2, 0.25) is 0 Å². The first-order chi connectivity index (χ1) is 62.2. The van der Waals surface area contributed by atoms with E-state index in [4.69, 9.17) is 0 Å². The smallest absolute Gasteiger partial charge is 0.126 e. The van der Waals surface area contributed by atoms with Crippen LogP contribution >= 0.6 is 0 Å². The number of anilines is 3. The van der Waals surface area contributed by atoms with Crippen LogP contribution in [0.25, 0.3) is 11.1 Å². The third-order valence-electron chi connectivity index (χ3n) is 27.9. The minimum atomic E-state index is -0.803. The molecule has 0 bridgehead atoms. The molecular weight excluding hydrogens is 1670 g/mol. The predicted molar refractivity (Wildman–Crippen MR) is 581 cm³/mol. The highest BCUT2D eigenvalue weighted by molar-refractivity contribution is 5.75. The summed E-state index contributed by atoms with van der Waals surface area (Å²) < 4.78 is 0. The fourth-order valence-corrected chi connectivity index (χ4v) is 20.1. The van der Waals surface area contributed by atoms with Crippen LogP contribution in [0, 0.1) is 17.3 Å². The van der Waals surface area contributed by atoms with E-state index in [2.05, 4.69) is 411 Å². The first kappa shape index (κ1) is 106. The van der Waals surface area contributed by atoms with Gasteiger partial charge in [-0.1, -0.05) is 375 Å². The van der Waals surface area contributed by atoms with Crippen molar-refractivity contribution in [1.82, 2.24) is 0 Å². The third-order valence-corrected chi connectivity index (χ3v) is 27.9. The van der Waals surface area contributed by atoms with Crippen molar-refractivity contribution in [2.45, 2.75) is 367 Å². The van der Waals surface area contributed by atoms with Crippen molar-refractivity contribution in [3.63, 3.8) is 0 Å². The number of allylic oxidation sites excluding steroid dienone is 7. The SMILES string of the molecule is C=C(C)c1cc(CC2=CC(Cc3cc(C(C)(C)C)c(O)c(C(C)(C)C)c3)CC=C2Nc2ccc(C(Cc3cc(C(C)(C)C)c(O)c(C(C)(C)C)c3)C3=CC(C(=C)C)C(O)C(C(C)(C)C)=C3)cc2Cc2cc(Cc3cc(C(C)(C)C)c(O)c(C(C)(C)C)c3)cc(Cc3cc(C(C)(C)C)c(O)c(C(C)(C)C)c3)c2Nc2ccc(Cc3cc(C(=C)C)c(O)c(C(C)(C)C)c3)cc2)cc(C(C)(C)C)c1O. The van der Waals surface area contributed by atoms with Crippen LogP contribution < -0.4 is 10.6 Å². The molecule has 0 amide bonds. The van der Waals surface area contributed by atoms with E-state index >= 15 is 0 Å². The molecule has 0 aliphatic heterocycles. The molecule has 9 aromatic carbocycles. The predicted octanol–water partition coefficient (Wildman–Crippen LogP) is 32.6. The lowest BCUT2D eigenvalue weighted by Gasteiger charge is -2.37. The first-order valence-electron chi connectivity index (χ1n) is 49.8. The molecule has 0 radical (unpaired) electrons. The van der Waals surface area contributed by atoms with Gasteiger partial charge in [-0.25, -0.2) is 0 Å². The van der Waals surface area contributed by atoms with Crippen LogP contribution in [0.2, 0.25) is 0 Å². The molecule has 0 saturated carbocycles. The van der Waals surface area contributed by atoms with Crippen LogP contribution in [-0.2, 0) is 99.1 Å². The lowest BCUT2D eigenvalue weighted by molar-refractivity contribution is 0.153. The Morgan fingerprint density at radius 3 is 1.07 bits per heavy atom. The number of rotatable bonds is 23.